The Kier molecular flexibility index (Phi) is 6.94. The van der Waals surface area contributed by atoms with Gasteiger partial charge in [0.25, 0.3) is 0 Å². The van der Waals surface area contributed by atoms with Gasteiger partial charge in [-0.25, -0.2) is 9.59 Å². The first-order valence-electron chi connectivity index (χ1n) is 9.32. The molecule has 0 saturated heterocycles. The zero-order chi connectivity index (χ0) is 21.1. The first-order valence-corrected chi connectivity index (χ1v) is 10.1. The first-order chi connectivity index (χ1) is 13.0. The molecule has 0 bridgehead atoms. The zero-order valence-electron chi connectivity index (χ0n) is 17.6. The summed E-state index contributed by atoms with van der Waals surface area (Å²) in [4.78, 5) is 25.5. The number of esters is 1. The Morgan fingerprint density at radius 3 is 2.18 bits per heavy atom. The van der Waals surface area contributed by atoms with Gasteiger partial charge in [-0.2, -0.15) is 0 Å². The SMILES string of the molecule is CCOC(=O)Sc1c(C)c(C(C)(C)C)cc(C)c1OC(=O)c1ccc(C)cc1. The highest BCUT2D eigenvalue weighted by Gasteiger charge is 2.26. The van der Waals surface area contributed by atoms with Crippen LogP contribution >= 0.6 is 11.8 Å². The van der Waals surface area contributed by atoms with E-state index in [1.54, 1.807) is 19.1 Å². The van der Waals surface area contributed by atoms with Crippen molar-refractivity contribution in [2.75, 3.05) is 6.61 Å². The second-order valence-electron chi connectivity index (χ2n) is 7.81. The molecule has 0 N–H and O–H groups in total. The Morgan fingerprint density at radius 1 is 1.04 bits per heavy atom. The van der Waals surface area contributed by atoms with Gasteiger partial charge in [-0.15, -0.1) is 0 Å². The summed E-state index contributed by atoms with van der Waals surface area (Å²) in [6.07, 6.45) is 0. The molecular formula is C23H28O4S. The van der Waals surface area contributed by atoms with Crippen molar-refractivity contribution in [1.29, 1.82) is 0 Å². The van der Waals surface area contributed by atoms with Crippen LogP contribution < -0.4 is 4.74 Å². The molecule has 0 unspecified atom stereocenters. The van der Waals surface area contributed by atoms with Crippen LogP contribution in [0.1, 0.15) is 60.3 Å². The summed E-state index contributed by atoms with van der Waals surface area (Å²) < 4.78 is 10.9. The lowest BCUT2D eigenvalue weighted by Crippen LogP contribution is -2.17. The largest absolute Gasteiger partial charge is 0.458 e. The minimum atomic E-state index is -0.447. The van der Waals surface area contributed by atoms with Crippen molar-refractivity contribution in [2.24, 2.45) is 0 Å². The van der Waals surface area contributed by atoms with Crippen LogP contribution in [0.25, 0.3) is 0 Å². The Labute approximate surface area is 171 Å². The third-order valence-corrected chi connectivity index (χ3v) is 5.39. The molecule has 4 nitrogen and oxygen atoms in total. The molecule has 0 aliphatic carbocycles. The predicted octanol–water partition coefficient (Wildman–Crippen LogP) is 6.38. The molecule has 2 aromatic carbocycles. The third kappa shape index (κ3) is 5.16. The maximum Gasteiger partial charge on any atom is 0.372 e. The maximum atomic E-state index is 12.7. The second kappa shape index (κ2) is 8.82. The highest BCUT2D eigenvalue weighted by Crippen LogP contribution is 2.42. The van der Waals surface area contributed by atoms with E-state index in [0.717, 1.165) is 34.0 Å². The fourth-order valence-electron chi connectivity index (χ4n) is 2.96. The molecule has 0 spiro atoms. The maximum absolute atomic E-state index is 12.7. The standard InChI is InChI=1S/C23H28O4S/c1-8-26-22(25)28-20-16(4)18(23(5,6)7)13-15(3)19(20)27-21(24)17-11-9-14(2)10-12-17/h9-13H,8H2,1-7H3. The summed E-state index contributed by atoms with van der Waals surface area (Å²) in [5.41, 5.74) is 4.25. The number of hydrogen-bond donors (Lipinski definition) is 0. The van der Waals surface area contributed by atoms with Crippen molar-refractivity contribution in [2.45, 2.75) is 58.8 Å². The summed E-state index contributed by atoms with van der Waals surface area (Å²) in [6, 6.07) is 9.24. The number of thioether (sulfide) groups is 1. The quantitative estimate of drug-likeness (QED) is 0.339. The lowest BCUT2D eigenvalue weighted by atomic mass is 9.83. The van der Waals surface area contributed by atoms with Crippen molar-refractivity contribution in [3.05, 3.63) is 58.1 Å². The van der Waals surface area contributed by atoms with Crippen molar-refractivity contribution < 1.29 is 19.1 Å². The fourth-order valence-corrected chi connectivity index (χ4v) is 3.86. The van der Waals surface area contributed by atoms with Crippen LogP contribution in [0.4, 0.5) is 4.79 Å². The van der Waals surface area contributed by atoms with E-state index < -0.39 is 11.3 Å². The molecule has 150 valence electrons. The molecule has 2 aromatic rings. The van der Waals surface area contributed by atoms with Crippen LogP contribution in [0.5, 0.6) is 5.75 Å². The molecule has 0 heterocycles. The molecule has 5 heteroatoms. The molecule has 0 aliphatic rings. The first kappa shape index (κ1) is 22.0. The Morgan fingerprint density at radius 2 is 1.64 bits per heavy atom. The number of rotatable bonds is 4. The van der Waals surface area contributed by atoms with Gasteiger partial charge >= 0.3 is 11.3 Å². The van der Waals surface area contributed by atoms with E-state index in [2.05, 4.69) is 20.8 Å². The van der Waals surface area contributed by atoms with Crippen LogP contribution in [0, 0.1) is 20.8 Å². The third-order valence-electron chi connectivity index (χ3n) is 4.41. The number of carbonyl (C=O) groups is 2. The van der Waals surface area contributed by atoms with Crippen LogP contribution in [0.2, 0.25) is 0 Å². The average molecular weight is 401 g/mol. The summed E-state index contributed by atoms with van der Waals surface area (Å²) >= 11 is 0.967. The predicted molar refractivity (Wildman–Crippen MR) is 114 cm³/mol. The van der Waals surface area contributed by atoms with Crippen LogP contribution in [-0.4, -0.2) is 17.9 Å². The monoisotopic (exact) mass is 400 g/mol. The van der Waals surface area contributed by atoms with Gasteiger partial charge in [0.15, 0.2) is 0 Å². The van der Waals surface area contributed by atoms with Crippen molar-refractivity contribution in [3.8, 4) is 5.75 Å². The lowest BCUT2D eigenvalue weighted by Gasteiger charge is -2.25. The molecule has 28 heavy (non-hydrogen) atoms. The van der Waals surface area contributed by atoms with Gasteiger partial charge in [0.1, 0.15) is 5.75 Å². The van der Waals surface area contributed by atoms with E-state index in [1.165, 1.54) is 0 Å². The van der Waals surface area contributed by atoms with E-state index in [0.29, 0.717) is 22.8 Å². The van der Waals surface area contributed by atoms with Gasteiger partial charge in [0.05, 0.1) is 17.1 Å². The van der Waals surface area contributed by atoms with Crippen molar-refractivity contribution in [1.82, 2.24) is 0 Å². The Bertz CT molecular complexity index is 877. The Balaban J connectivity index is 2.51. The lowest BCUT2D eigenvalue weighted by molar-refractivity contribution is 0.0728. The zero-order valence-corrected chi connectivity index (χ0v) is 18.5. The topological polar surface area (TPSA) is 52.6 Å². The van der Waals surface area contributed by atoms with Gasteiger partial charge in [0.2, 0.25) is 0 Å². The number of benzene rings is 2. The van der Waals surface area contributed by atoms with Crippen LogP contribution in [-0.2, 0) is 10.2 Å². The minimum Gasteiger partial charge on any atom is -0.458 e. The summed E-state index contributed by atoms with van der Waals surface area (Å²) in [5.74, 6) is -0.0363. The van der Waals surface area contributed by atoms with Gasteiger partial charge in [-0.1, -0.05) is 44.5 Å². The van der Waals surface area contributed by atoms with E-state index in [1.807, 2.05) is 39.0 Å². The number of carbonyl (C=O) groups excluding carboxylic acids is 2. The van der Waals surface area contributed by atoms with Gasteiger partial charge in [0, 0.05) is 0 Å². The number of aryl methyl sites for hydroxylation is 2. The van der Waals surface area contributed by atoms with E-state index >= 15 is 0 Å². The van der Waals surface area contributed by atoms with E-state index in [-0.39, 0.29) is 5.41 Å². The van der Waals surface area contributed by atoms with E-state index in [4.69, 9.17) is 9.47 Å². The summed E-state index contributed by atoms with van der Waals surface area (Å²) in [6.45, 7) is 14.2. The molecule has 0 amide bonds. The Hall–Kier alpha value is -2.27. The molecule has 0 fully saturated rings. The van der Waals surface area contributed by atoms with Gasteiger partial charge in [-0.3, -0.25) is 0 Å². The average Bonchev–Trinajstić information content (AvgIpc) is 2.60. The van der Waals surface area contributed by atoms with Crippen LogP contribution in [0.15, 0.2) is 35.2 Å². The molecule has 0 aromatic heterocycles. The highest BCUT2D eigenvalue weighted by molar-refractivity contribution is 8.13. The molecule has 2 rings (SSSR count). The number of ether oxygens (including phenoxy) is 2. The second-order valence-corrected chi connectivity index (χ2v) is 8.76. The van der Waals surface area contributed by atoms with Gasteiger partial charge in [-0.05, 0) is 73.7 Å². The molecular weight excluding hydrogens is 372 g/mol. The fraction of sp³-hybridized carbons (Fsp3) is 0.391. The highest BCUT2D eigenvalue weighted by atomic mass is 32.2. The van der Waals surface area contributed by atoms with E-state index in [9.17, 15) is 9.59 Å². The minimum absolute atomic E-state index is 0.113. The molecule has 0 aliphatic heterocycles. The molecule has 0 radical (unpaired) electrons. The van der Waals surface area contributed by atoms with Crippen LogP contribution in [0.3, 0.4) is 0 Å². The normalized spacial score (nSPS) is 11.2. The smallest absolute Gasteiger partial charge is 0.372 e. The summed E-state index contributed by atoms with van der Waals surface area (Å²) in [7, 11) is 0. The van der Waals surface area contributed by atoms with Crippen molar-refractivity contribution >= 4 is 23.0 Å². The molecule has 0 atom stereocenters. The summed E-state index contributed by atoms with van der Waals surface area (Å²) in [5, 5.41) is -0.413. The van der Waals surface area contributed by atoms with Gasteiger partial charge < -0.3 is 9.47 Å². The van der Waals surface area contributed by atoms with Crippen molar-refractivity contribution in [3.63, 3.8) is 0 Å². The molecule has 0 saturated carbocycles. The number of hydrogen-bond acceptors (Lipinski definition) is 5.